The Labute approximate surface area is 157 Å². The Kier molecular flexibility index (Phi) is 5.58. The summed E-state index contributed by atoms with van der Waals surface area (Å²) < 4.78 is 6.24. The first-order valence-corrected chi connectivity index (χ1v) is 9.32. The highest BCUT2D eigenvalue weighted by atomic mass is 16.5. The number of benzene rings is 1. The third kappa shape index (κ3) is 3.72. The number of aromatic nitrogens is 2. The maximum atomic E-state index is 13.3. The molecule has 0 spiro atoms. The maximum absolute atomic E-state index is 13.3. The summed E-state index contributed by atoms with van der Waals surface area (Å²) in [6, 6.07) is 6.38. The lowest BCUT2D eigenvalue weighted by Crippen LogP contribution is -2.49. The number of hydrogen-bond acceptors (Lipinski definition) is 5. The Bertz CT molecular complexity index is 919. The Morgan fingerprint density at radius 2 is 1.93 bits per heavy atom. The van der Waals surface area contributed by atoms with Crippen LogP contribution in [0.4, 0.5) is 0 Å². The first-order chi connectivity index (χ1) is 12.9. The van der Waals surface area contributed by atoms with Crippen LogP contribution in [0.2, 0.25) is 0 Å². The number of carbonyl (C=O) groups excluding carboxylic acids is 2. The molecule has 27 heavy (non-hydrogen) atoms. The second-order valence-corrected chi connectivity index (χ2v) is 7.31. The SMILES string of the molecule is COC(=O)C1CCCCN1C(=O)c1nn(CC(C)C)c(=O)c2ccccc12. The predicted octanol–water partition coefficient (Wildman–Crippen LogP) is 2.22. The summed E-state index contributed by atoms with van der Waals surface area (Å²) in [4.78, 5) is 39.8. The van der Waals surface area contributed by atoms with Crippen molar-refractivity contribution < 1.29 is 14.3 Å². The number of carbonyl (C=O) groups is 2. The summed E-state index contributed by atoms with van der Waals surface area (Å²) in [6.07, 6.45) is 2.26. The molecule has 1 fully saturated rings. The van der Waals surface area contributed by atoms with Gasteiger partial charge in [0.05, 0.1) is 12.5 Å². The van der Waals surface area contributed by atoms with E-state index in [4.69, 9.17) is 4.74 Å². The Hall–Kier alpha value is -2.70. The fourth-order valence-electron chi connectivity index (χ4n) is 3.55. The van der Waals surface area contributed by atoms with E-state index in [2.05, 4.69) is 5.10 Å². The van der Waals surface area contributed by atoms with Crippen LogP contribution < -0.4 is 5.56 Å². The Balaban J connectivity index is 2.11. The molecule has 0 saturated carbocycles. The van der Waals surface area contributed by atoms with E-state index in [0.29, 0.717) is 30.3 Å². The average Bonchev–Trinajstić information content (AvgIpc) is 2.68. The molecule has 1 amide bonds. The lowest BCUT2D eigenvalue weighted by Gasteiger charge is -2.33. The minimum absolute atomic E-state index is 0.206. The number of fused-ring (bicyclic) bond motifs is 1. The molecule has 7 nitrogen and oxygen atoms in total. The number of esters is 1. The molecule has 0 radical (unpaired) electrons. The van der Waals surface area contributed by atoms with Crippen LogP contribution in [-0.4, -0.2) is 46.3 Å². The molecule has 1 unspecified atom stereocenters. The third-order valence-corrected chi connectivity index (χ3v) is 4.85. The standard InChI is InChI=1S/C20H25N3O4/c1-13(2)12-23-18(24)15-9-5-4-8-14(15)17(21-23)19(25)22-11-7-6-10-16(22)20(26)27-3/h4-5,8-9,13,16H,6-7,10-12H2,1-3H3. The molecular formula is C20H25N3O4. The molecule has 0 bridgehead atoms. The van der Waals surface area contributed by atoms with E-state index in [1.807, 2.05) is 13.8 Å². The largest absolute Gasteiger partial charge is 0.467 e. The fraction of sp³-hybridized carbons (Fsp3) is 0.500. The van der Waals surface area contributed by atoms with Crippen LogP contribution in [0.1, 0.15) is 43.6 Å². The van der Waals surface area contributed by atoms with Crippen LogP contribution in [0.15, 0.2) is 29.1 Å². The van der Waals surface area contributed by atoms with Gasteiger partial charge < -0.3 is 9.64 Å². The normalized spacial score (nSPS) is 17.3. The van der Waals surface area contributed by atoms with Crippen molar-refractivity contribution in [1.29, 1.82) is 0 Å². The van der Waals surface area contributed by atoms with Gasteiger partial charge in [0.1, 0.15) is 6.04 Å². The topological polar surface area (TPSA) is 81.5 Å². The van der Waals surface area contributed by atoms with Crippen molar-refractivity contribution >= 4 is 22.6 Å². The molecule has 0 aliphatic carbocycles. The highest BCUT2D eigenvalue weighted by Crippen LogP contribution is 2.23. The number of hydrogen-bond donors (Lipinski definition) is 0. The summed E-state index contributed by atoms with van der Waals surface area (Å²) in [6.45, 7) is 4.87. The first kappa shape index (κ1) is 19.1. The Morgan fingerprint density at radius 3 is 2.59 bits per heavy atom. The molecule has 1 saturated heterocycles. The number of ether oxygens (including phenoxy) is 1. The number of likely N-dealkylation sites (tertiary alicyclic amines) is 1. The minimum atomic E-state index is -0.609. The van der Waals surface area contributed by atoms with Crippen molar-refractivity contribution in [2.24, 2.45) is 5.92 Å². The number of rotatable bonds is 4. The monoisotopic (exact) mass is 371 g/mol. The van der Waals surface area contributed by atoms with Gasteiger partial charge in [-0.2, -0.15) is 5.10 Å². The van der Waals surface area contributed by atoms with E-state index < -0.39 is 12.0 Å². The maximum Gasteiger partial charge on any atom is 0.328 e. The number of amides is 1. The van der Waals surface area contributed by atoms with Crippen LogP contribution >= 0.6 is 0 Å². The van der Waals surface area contributed by atoms with E-state index in [1.54, 1.807) is 24.3 Å². The van der Waals surface area contributed by atoms with E-state index in [9.17, 15) is 14.4 Å². The molecule has 1 aromatic heterocycles. The van der Waals surface area contributed by atoms with E-state index in [-0.39, 0.29) is 23.1 Å². The lowest BCUT2D eigenvalue weighted by molar-refractivity contribution is -0.147. The second-order valence-electron chi connectivity index (χ2n) is 7.31. The van der Waals surface area contributed by atoms with E-state index in [1.165, 1.54) is 16.7 Å². The molecule has 7 heteroatoms. The zero-order chi connectivity index (χ0) is 19.6. The quantitative estimate of drug-likeness (QED) is 0.770. The molecule has 3 rings (SSSR count). The molecule has 2 aromatic rings. The van der Waals surface area contributed by atoms with Crippen molar-refractivity contribution in [3.8, 4) is 0 Å². The number of nitrogens with zero attached hydrogens (tertiary/aromatic N) is 3. The minimum Gasteiger partial charge on any atom is -0.467 e. The predicted molar refractivity (Wildman–Crippen MR) is 102 cm³/mol. The zero-order valence-corrected chi connectivity index (χ0v) is 16.0. The molecule has 1 aliphatic rings. The van der Waals surface area contributed by atoms with Gasteiger partial charge in [0.25, 0.3) is 11.5 Å². The Morgan fingerprint density at radius 1 is 1.22 bits per heavy atom. The van der Waals surface area contributed by atoms with Crippen LogP contribution in [0.3, 0.4) is 0 Å². The van der Waals surface area contributed by atoms with Crippen LogP contribution in [-0.2, 0) is 16.1 Å². The van der Waals surface area contributed by atoms with Gasteiger partial charge in [-0.1, -0.05) is 32.0 Å². The van der Waals surface area contributed by atoms with Crippen LogP contribution in [0.25, 0.3) is 10.8 Å². The second kappa shape index (κ2) is 7.90. The van der Waals surface area contributed by atoms with Gasteiger partial charge in [0, 0.05) is 18.5 Å². The molecule has 144 valence electrons. The summed E-state index contributed by atoms with van der Waals surface area (Å²) >= 11 is 0. The smallest absolute Gasteiger partial charge is 0.328 e. The van der Waals surface area contributed by atoms with Crippen molar-refractivity contribution in [3.05, 3.63) is 40.3 Å². The van der Waals surface area contributed by atoms with Crippen LogP contribution in [0.5, 0.6) is 0 Å². The highest BCUT2D eigenvalue weighted by molar-refractivity contribution is 6.05. The van der Waals surface area contributed by atoms with E-state index >= 15 is 0 Å². The molecule has 1 aliphatic heterocycles. The van der Waals surface area contributed by atoms with Gasteiger partial charge in [-0.3, -0.25) is 9.59 Å². The summed E-state index contributed by atoms with van der Waals surface area (Å²) in [5.41, 5.74) is 0.000616. The van der Waals surface area contributed by atoms with Crippen molar-refractivity contribution in [2.45, 2.75) is 45.7 Å². The van der Waals surface area contributed by atoms with Gasteiger partial charge in [0.2, 0.25) is 0 Å². The van der Waals surface area contributed by atoms with Crippen molar-refractivity contribution in [3.63, 3.8) is 0 Å². The molecular weight excluding hydrogens is 346 g/mol. The lowest BCUT2D eigenvalue weighted by atomic mass is 10.0. The average molecular weight is 371 g/mol. The number of methoxy groups -OCH3 is 1. The third-order valence-electron chi connectivity index (χ3n) is 4.85. The van der Waals surface area contributed by atoms with Gasteiger partial charge in [0.15, 0.2) is 5.69 Å². The molecule has 1 atom stereocenters. The van der Waals surface area contributed by atoms with Gasteiger partial charge in [-0.15, -0.1) is 0 Å². The molecule has 2 heterocycles. The summed E-state index contributed by atoms with van der Waals surface area (Å²) in [5, 5.41) is 5.37. The van der Waals surface area contributed by atoms with Crippen molar-refractivity contribution in [1.82, 2.24) is 14.7 Å². The zero-order valence-electron chi connectivity index (χ0n) is 16.0. The van der Waals surface area contributed by atoms with Gasteiger partial charge in [-0.25, -0.2) is 9.48 Å². The summed E-state index contributed by atoms with van der Waals surface area (Å²) in [7, 11) is 1.33. The summed E-state index contributed by atoms with van der Waals surface area (Å²) in [5.74, 6) is -0.543. The number of piperidine rings is 1. The fourth-order valence-corrected chi connectivity index (χ4v) is 3.55. The molecule has 1 aromatic carbocycles. The highest BCUT2D eigenvalue weighted by Gasteiger charge is 2.35. The van der Waals surface area contributed by atoms with Gasteiger partial charge in [-0.05, 0) is 31.2 Å². The van der Waals surface area contributed by atoms with Crippen molar-refractivity contribution in [2.75, 3.05) is 13.7 Å². The van der Waals surface area contributed by atoms with Crippen LogP contribution in [0, 0.1) is 5.92 Å². The first-order valence-electron chi connectivity index (χ1n) is 9.32. The van der Waals surface area contributed by atoms with Gasteiger partial charge >= 0.3 is 5.97 Å². The van der Waals surface area contributed by atoms with E-state index in [0.717, 1.165) is 12.8 Å². The molecule has 0 N–H and O–H groups in total.